The third kappa shape index (κ3) is 1.84. The molecule has 0 aliphatic rings. The van der Waals surface area contributed by atoms with E-state index in [9.17, 15) is 9.18 Å². The van der Waals surface area contributed by atoms with Crippen molar-refractivity contribution in [3.8, 4) is 0 Å². The Balaban J connectivity index is 3.20. The first kappa shape index (κ1) is 10.5. The maximum absolute atomic E-state index is 13.2. The number of para-hydroxylation sites is 1. The molecular weight excluding hydrogens is 183 g/mol. The first-order chi connectivity index (χ1) is 6.57. The number of carbonyl (C=O) groups excluding carboxylic acids is 1. The molecule has 1 rings (SSSR count). The average Bonchev–Trinajstić information content (AvgIpc) is 2.16. The quantitative estimate of drug-likeness (QED) is 0.778. The maximum Gasteiger partial charge on any atom is 0.255 e. The van der Waals surface area contributed by atoms with Crippen LogP contribution < -0.4 is 5.32 Å². The fraction of sp³-hybridized carbons (Fsp3) is 0.300. The molecule has 0 unspecified atom stereocenters. The van der Waals surface area contributed by atoms with Gasteiger partial charge in [0, 0.05) is 21.1 Å². The number of anilines is 1. The zero-order valence-electron chi connectivity index (χ0n) is 8.47. The minimum absolute atomic E-state index is 0.214. The van der Waals surface area contributed by atoms with E-state index < -0.39 is 5.82 Å². The van der Waals surface area contributed by atoms with Gasteiger partial charge in [0.15, 0.2) is 0 Å². The second-order valence-corrected chi connectivity index (χ2v) is 3.11. The molecule has 0 radical (unpaired) electrons. The highest BCUT2D eigenvalue weighted by molar-refractivity contribution is 5.99. The summed E-state index contributed by atoms with van der Waals surface area (Å²) >= 11 is 0. The predicted molar refractivity (Wildman–Crippen MR) is 54.0 cm³/mol. The highest BCUT2D eigenvalue weighted by Gasteiger charge is 2.14. The molecule has 1 N–H and O–H groups in total. The molecule has 1 aromatic rings. The Bertz CT molecular complexity index is 350. The molecule has 14 heavy (non-hydrogen) atoms. The van der Waals surface area contributed by atoms with Crippen molar-refractivity contribution < 1.29 is 9.18 Å². The Morgan fingerprint density at radius 1 is 1.43 bits per heavy atom. The summed E-state index contributed by atoms with van der Waals surface area (Å²) in [4.78, 5) is 13.0. The van der Waals surface area contributed by atoms with Crippen LogP contribution in [0.2, 0.25) is 0 Å². The van der Waals surface area contributed by atoms with Crippen molar-refractivity contribution >= 4 is 11.6 Å². The van der Waals surface area contributed by atoms with Crippen molar-refractivity contribution in [3.05, 3.63) is 29.6 Å². The van der Waals surface area contributed by atoms with Crippen LogP contribution >= 0.6 is 0 Å². The molecule has 0 saturated heterocycles. The maximum atomic E-state index is 13.2. The van der Waals surface area contributed by atoms with Crippen LogP contribution in [-0.2, 0) is 0 Å². The predicted octanol–water partition coefficient (Wildman–Crippen LogP) is 1.57. The number of nitrogens with zero attached hydrogens (tertiary/aromatic N) is 1. The van der Waals surface area contributed by atoms with Crippen molar-refractivity contribution in [2.45, 2.75) is 0 Å². The molecule has 0 bridgehead atoms. The summed E-state index contributed by atoms with van der Waals surface area (Å²) in [7, 11) is 4.85. The number of hydrogen-bond acceptors (Lipinski definition) is 2. The first-order valence-corrected chi connectivity index (χ1v) is 4.26. The highest BCUT2D eigenvalue weighted by atomic mass is 19.1. The lowest BCUT2D eigenvalue weighted by molar-refractivity contribution is 0.0828. The summed E-state index contributed by atoms with van der Waals surface area (Å²) in [5, 5.41) is 2.68. The molecule has 0 heterocycles. The minimum atomic E-state index is -0.416. The Labute approximate surface area is 82.5 Å². The molecule has 0 aromatic heterocycles. The number of carbonyl (C=O) groups is 1. The summed E-state index contributed by atoms with van der Waals surface area (Å²) in [5.74, 6) is -0.631. The first-order valence-electron chi connectivity index (χ1n) is 4.26. The Hall–Kier alpha value is -1.58. The van der Waals surface area contributed by atoms with Gasteiger partial charge in [-0.1, -0.05) is 6.07 Å². The van der Waals surface area contributed by atoms with Crippen molar-refractivity contribution in [1.29, 1.82) is 0 Å². The van der Waals surface area contributed by atoms with E-state index in [0.717, 1.165) is 0 Å². The van der Waals surface area contributed by atoms with Crippen molar-refractivity contribution in [3.63, 3.8) is 0 Å². The van der Waals surface area contributed by atoms with Crippen LogP contribution in [0, 0.1) is 5.82 Å². The number of benzene rings is 1. The zero-order chi connectivity index (χ0) is 10.7. The van der Waals surface area contributed by atoms with Crippen molar-refractivity contribution in [2.75, 3.05) is 26.5 Å². The number of hydrogen-bond donors (Lipinski definition) is 1. The van der Waals surface area contributed by atoms with Crippen LogP contribution in [0.3, 0.4) is 0 Å². The van der Waals surface area contributed by atoms with Crippen LogP contribution in [0.25, 0.3) is 0 Å². The van der Waals surface area contributed by atoms with Gasteiger partial charge >= 0.3 is 0 Å². The zero-order valence-corrected chi connectivity index (χ0v) is 8.47. The third-order valence-corrected chi connectivity index (χ3v) is 1.90. The summed E-state index contributed by atoms with van der Waals surface area (Å²) in [6.45, 7) is 0. The molecule has 0 aliphatic carbocycles. The molecule has 4 heteroatoms. The number of halogens is 1. The molecule has 1 aromatic carbocycles. The molecule has 0 saturated carbocycles. The third-order valence-electron chi connectivity index (χ3n) is 1.90. The van der Waals surface area contributed by atoms with E-state index in [1.165, 1.54) is 17.0 Å². The lowest BCUT2D eigenvalue weighted by atomic mass is 10.1. The SMILES string of the molecule is CNc1c(F)cccc1C(=O)N(C)C. The van der Waals surface area contributed by atoms with Gasteiger partial charge in [-0.15, -0.1) is 0 Å². The van der Waals surface area contributed by atoms with E-state index >= 15 is 0 Å². The number of rotatable bonds is 2. The van der Waals surface area contributed by atoms with Crippen LogP contribution in [0.4, 0.5) is 10.1 Å². The molecule has 0 spiro atoms. The largest absolute Gasteiger partial charge is 0.385 e. The average molecular weight is 196 g/mol. The molecular formula is C10H13FN2O. The van der Waals surface area contributed by atoms with E-state index in [4.69, 9.17) is 0 Å². The summed E-state index contributed by atoms with van der Waals surface area (Å²) in [6.07, 6.45) is 0. The summed E-state index contributed by atoms with van der Waals surface area (Å²) in [6, 6.07) is 4.43. The van der Waals surface area contributed by atoms with Gasteiger partial charge in [0.1, 0.15) is 5.82 Å². The van der Waals surface area contributed by atoms with Gasteiger partial charge in [0.25, 0.3) is 5.91 Å². The Morgan fingerprint density at radius 2 is 2.07 bits per heavy atom. The monoisotopic (exact) mass is 196 g/mol. The van der Waals surface area contributed by atoms with Gasteiger partial charge in [-0.2, -0.15) is 0 Å². The molecule has 76 valence electrons. The van der Waals surface area contributed by atoms with E-state index in [0.29, 0.717) is 5.56 Å². The Morgan fingerprint density at radius 3 is 2.57 bits per heavy atom. The van der Waals surface area contributed by atoms with Gasteiger partial charge < -0.3 is 10.2 Å². The highest BCUT2D eigenvalue weighted by Crippen LogP contribution is 2.19. The normalized spacial score (nSPS) is 9.71. The number of nitrogens with one attached hydrogen (secondary N) is 1. The molecule has 0 atom stereocenters. The van der Waals surface area contributed by atoms with Crippen molar-refractivity contribution in [1.82, 2.24) is 4.90 Å². The molecule has 1 amide bonds. The fourth-order valence-electron chi connectivity index (χ4n) is 1.20. The summed E-state index contributed by atoms with van der Waals surface area (Å²) < 4.78 is 13.2. The lowest BCUT2D eigenvalue weighted by Crippen LogP contribution is -2.23. The second-order valence-electron chi connectivity index (χ2n) is 3.11. The van der Waals surface area contributed by atoms with Crippen LogP contribution in [0.15, 0.2) is 18.2 Å². The van der Waals surface area contributed by atoms with E-state index in [-0.39, 0.29) is 11.6 Å². The van der Waals surface area contributed by atoms with Gasteiger partial charge in [-0.25, -0.2) is 4.39 Å². The summed E-state index contributed by atoms with van der Waals surface area (Å²) in [5.41, 5.74) is 0.587. The van der Waals surface area contributed by atoms with E-state index in [1.807, 2.05) is 0 Å². The lowest BCUT2D eigenvalue weighted by Gasteiger charge is -2.14. The molecule has 0 aliphatic heterocycles. The van der Waals surface area contributed by atoms with Gasteiger partial charge in [-0.05, 0) is 12.1 Å². The minimum Gasteiger partial charge on any atom is -0.385 e. The smallest absolute Gasteiger partial charge is 0.255 e. The van der Waals surface area contributed by atoms with Gasteiger partial charge in [-0.3, -0.25) is 4.79 Å². The number of amides is 1. The van der Waals surface area contributed by atoms with Crippen LogP contribution in [0.5, 0.6) is 0 Å². The second kappa shape index (κ2) is 4.09. The fourth-order valence-corrected chi connectivity index (χ4v) is 1.20. The van der Waals surface area contributed by atoms with Crippen molar-refractivity contribution in [2.24, 2.45) is 0 Å². The van der Waals surface area contributed by atoms with Gasteiger partial charge in [0.2, 0.25) is 0 Å². The standard InChI is InChI=1S/C10H13FN2O/c1-12-9-7(10(14)13(2)3)5-4-6-8(9)11/h4-6,12H,1-3H3. The molecule has 0 fully saturated rings. The van der Waals surface area contributed by atoms with E-state index in [2.05, 4.69) is 5.32 Å². The molecule has 3 nitrogen and oxygen atoms in total. The van der Waals surface area contributed by atoms with Crippen LogP contribution in [-0.4, -0.2) is 32.0 Å². The van der Waals surface area contributed by atoms with Gasteiger partial charge in [0.05, 0.1) is 11.3 Å². The topological polar surface area (TPSA) is 32.3 Å². The van der Waals surface area contributed by atoms with E-state index in [1.54, 1.807) is 27.2 Å². The Kier molecular flexibility index (Phi) is 3.06. The van der Waals surface area contributed by atoms with Crippen LogP contribution in [0.1, 0.15) is 10.4 Å².